The van der Waals surface area contributed by atoms with Gasteiger partial charge in [-0.05, 0) is 81.2 Å². The Morgan fingerprint density at radius 3 is 2.44 bits per heavy atom. The van der Waals surface area contributed by atoms with Gasteiger partial charge in [0, 0.05) is 28.5 Å². The number of benzene rings is 2. The summed E-state index contributed by atoms with van der Waals surface area (Å²) in [5.74, 6) is -0.298. The van der Waals surface area contributed by atoms with Gasteiger partial charge in [-0.2, -0.15) is 22.7 Å². The van der Waals surface area contributed by atoms with Gasteiger partial charge in [0.1, 0.15) is 6.54 Å². The van der Waals surface area contributed by atoms with E-state index >= 15 is 0 Å². The number of sulfone groups is 1. The SMILES string of the molecule is CS(=O)(=O)c1ccc(-c2nc3n(CC(=O)Nc4ccc(C(F)(F)F)cc4Cl)c4c(c(=O)n3n2)C2(CCNCC2)CC4)cc1. The summed E-state index contributed by atoms with van der Waals surface area (Å²) in [5.41, 5.74) is 0.0900. The maximum atomic E-state index is 13.9. The Morgan fingerprint density at radius 2 is 1.81 bits per heavy atom. The number of carbonyl (C=O) groups excluding carboxylic acids is 1. The average molecular weight is 635 g/mol. The van der Waals surface area contributed by atoms with Crippen molar-refractivity contribution in [2.75, 3.05) is 24.7 Å². The lowest BCUT2D eigenvalue weighted by atomic mass is 9.75. The zero-order chi connectivity index (χ0) is 30.7. The molecule has 6 rings (SSSR count). The molecule has 0 unspecified atom stereocenters. The van der Waals surface area contributed by atoms with E-state index in [1.54, 1.807) is 16.7 Å². The fourth-order valence-corrected chi connectivity index (χ4v) is 6.90. The number of rotatable bonds is 5. The minimum absolute atomic E-state index is 0.0105. The molecule has 3 heterocycles. The van der Waals surface area contributed by atoms with Crippen molar-refractivity contribution >= 4 is 38.8 Å². The van der Waals surface area contributed by atoms with Crippen LogP contribution in [0.5, 0.6) is 0 Å². The molecular formula is C28H26ClF3N6O4S. The summed E-state index contributed by atoms with van der Waals surface area (Å²) in [6, 6.07) is 8.60. The first kappa shape index (κ1) is 29.3. The highest BCUT2D eigenvalue weighted by atomic mass is 35.5. The number of halogens is 4. The molecule has 0 atom stereocenters. The summed E-state index contributed by atoms with van der Waals surface area (Å²) >= 11 is 6.07. The van der Waals surface area contributed by atoms with Crippen LogP contribution in [0.2, 0.25) is 5.02 Å². The molecule has 2 aromatic heterocycles. The van der Waals surface area contributed by atoms with Crippen LogP contribution in [0.4, 0.5) is 18.9 Å². The van der Waals surface area contributed by atoms with Gasteiger partial charge in [0.2, 0.25) is 11.7 Å². The maximum absolute atomic E-state index is 13.9. The normalized spacial score (nSPS) is 16.5. The minimum atomic E-state index is -4.59. The van der Waals surface area contributed by atoms with Crippen LogP contribution < -0.4 is 16.2 Å². The van der Waals surface area contributed by atoms with Crippen molar-refractivity contribution in [2.45, 2.75) is 48.7 Å². The number of fused-ring (bicyclic) bond motifs is 3. The number of anilines is 1. The Kier molecular flexibility index (Phi) is 7.13. The van der Waals surface area contributed by atoms with Crippen LogP contribution in [0.25, 0.3) is 17.2 Å². The van der Waals surface area contributed by atoms with Gasteiger partial charge in [-0.3, -0.25) is 9.59 Å². The van der Waals surface area contributed by atoms with Crippen molar-refractivity contribution < 1.29 is 26.4 Å². The van der Waals surface area contributed by atoms with Crippen molar-refractivity contribution in [1.82, 2.24) is 24.5 Å². The van der Waals surface area contributed by atoms with Crippen molar-refractivity contribution in [3.63, 3.8) is 0 Å². The van der Waals surface area contributed by atoms with E-state index in [9.17, 15) is 31.2 Å². The molecule has 2 N–H and O–H groups in total. The highest BCUT2D eigenvalue weighted by Gasteiger charge is 2.44. The van der Waals surface area contributed by atoms with Crippen molar-refractivity contribution in [3.05, 3.63) is 74.7 Å². The molecule has 15 heteroatoms. The Balaban J connectivity index is 1.43. The summed E-state index contributed by atoms with van der Waals surface area (Å²) in [4.78, 5) is 32.0. The monoisotopic (exact) mass is 634 g/mol. The smallest absolute Gasteiger partial charge is 0.323 e. The molecular weight excluding hydrogens is 609 g/mol. The molecule has 1 spiro atoms. The molecule has 1 amide bonds. The second kappa shape index (κ2) is 10.5. The Morgan fingerprint density at radius 1 is 1.12 bits per heavy atom. The van der Waals surface area contributed by atoms with Gasteiger partial charge in [0.15, 0.2) is 15.7 Å². The number of amides is 1. The zero-order valence-corrected chi connectivity index (χ0v) is 24.4. The topological polar surface area (TPSA) is 127 Å². The van der Waals surface area contributed by atoms with Gasteiger partial charge in [-0.15, -0.1) is 5.10 Å². The van der Waals surface area contributed by atoms with Crippen molar-refractivity contribution in [2.24, 2.45) is 0 Å². The molecule has 1 aliphatic heterocycles. The third-order valence-corrected chi connectivity index (χ3v) is 9.64. The van der Waals surface area contributed by atoms with E-state index in [0.717, 1.165) is 56.8 Å². The van der Waals surface area contributed by atoms with Crippen LogP contribution in [0.1, 0.15) is 36.1 Å². The number of carbonyl (C=O) groups is 1. The van der Waals surface area contributed by atoms with Gasteiger partial charge < -0.3 is 15.2 Å². The first-order valence-electron chi connectivity index (χ1n) is 13.5. The number of hydrogen-bond acceptors (Lipinski definition) is 7. The average Bonchev–Trinajstić information content (AvgIpc) is 3.55. The summed E-state index contributed by atoms with van der Waals surface area (Å²) in [6.07, 6.45) is -0.765. The number of nitrogens with one attached hydrogen (secondary N) is 2. The number of nitrogens with zero attached hydrogens (tertiary/aromatic N) is 4. The van der Waals surface area contributed by atoms with Crippen LogP contribution >= 0.6 is 11.6 Å². The molecule has 1 aliphatic carbocycles. The highest BCUT2D eigenvalue weighted by molar-refractivity contribution is 7.90. The molecule has 10 nitrogen and oxygen atoms in total. The number of hydrogen-bond donors (Lipinski definition) is 2. The summed E-state index contributed by atoms with van der Waals surface area (Å²) < 4.78 is 65.9. The van der Waals surface area contributed by atoms with Crippen molar-refractivity contribution in [3.8, 4) is 11.4 Å². The zero-order valence-electron chi connectivity index (χ0n) is 22.8. The van der Waals surface area contributed by atoms with Gasteiger partial charge in [0.05, 0.1) is 21.2 Å². The predicted octanol–water partition coefficient (Wildman–Crippen LogP) is 3.84. The van der Waals surface area contributed by atoms with Crippen molar-refractivity contribution in [1.29, 1.82) is 0 Å². The van der Waals surface area contributed by atoms with E-state index in [1.807, 2.05) is 0 Å². The van der Waals surface area contributed by atoms with Gasteiger partial charge in [0.25, 0.3) is 5.56 Å². The van der Waals surface area contributed by atoms with E-state index in [2.05, 4.69) is 20.7 Å². The molecule has 4 aromatic rings. The van der Waals surface area contributed by atoms with Gasteiger partial charge in [-0.1, -0.05) is 11.6 Å². The molecule has 1 saturated heterocycles. The lowest BCUT2D eigenvalue weighted by molar-refractivity contribution is -0.137. The molecule has 43 heavy (non-hydrogen) atoms. The first-order valence-corrected chi connectivity index (χ1v) is 15.7. The lowest BCUT2D eigenvalue weighted by Gasteiger charge is -2.34. The largest absolute Gasteiger partial charge is 0.416 e. The van der Waals surface area contributed by atoms with E-state index in [1.165, 1.54) is 16.6 Å². The second-order valence-electron chi connectivity index (χ2n) is 10.9. The molecule has 2 aromatic carbocycles. The standard InChI is InChI=1S/C28H26ClF3N6O4S/c1-43(41,42)18-5-2-16(3-6-18)24-35-26-37(15-22(39)34-20-7-4-17(14-19(20)29)28(30,31)32)21-8-9-27(10-12-33-13-11-27)23(21)25(40)38(26)36-24/h2-7,14,33H,8-13,15H2,1H3,(H,34,39). The van der Waals surface area contributed by atoms with E-state index in [4.69, 9.17) is 11.6 Å². The van der Waals surface area contributed by atoms with Gasteiger partial charge >= 0.3 is 6.18 Å². The maximum Gasteiger partial charge on any atom is 0.416 e. The number of alkyl halides is 3. The Labute approximate surface area is 248 Å². The Bertz CT molecular complexity index is 1930. The molecule has 1 fully saturated rings. The molecule has 0 bridgehead atoms. The fraction of sp³-hybridized carbons (Fsp3) is 0.357. The van der Waals surface area contributed by atoms with Crippen LogP contribution in [0, 0.1) is 0 Å². The van der Waals surface area contributed by atoms with Gasteiger partial charge in [-0.25, -0.2) is 8.42 Å². The Hall–Kier alpha value is -3.75. The molecule has 0 radical (unpaired) electrons. The van der Waals surface area contributed by atoms with Crippen LogP contribution in [0.15, 0.2) is 52.2 Å². The molecule has 226 valence electrons. The molecule has 2 aliphatic rings. The molecule has 0 saturated carbocycles. The summed E-state index contributed by atoms with van der Waals surface area (Å²) in [6.45, 7) is 1.17. The van der Waals surface area contributed by atoms with Crippen LogP contribution in [-0.2, 0) is 39.2 Å². The van der Waals surface area contributed by atoms with Crippen LogP contribution in [0.3, 0.4) is 0 Å². The fourth-order valence-electron chi connectivity index (χ4n) is 6.05. The first-order chi connectivity index (χ1) is 20.3. The number of piperidine rings is 1. The summed E-state index contributed by atoms with van der Waals surface area (Å²) in [7, 11) is -3.43. The third-order valence-electron chi connectivity index (χ3n) is 8.20. The van der Waals surface area contributed by atoms with Crippen LogP contribution in [-0.4, -0.2) is 52.8 Å². The summed E-state index contributed by atoms with van der Waals surface area (Å²) in [5, 5.41) is 10.1. The number of aromatic nitrogens is 4. The van der Waals surface area contributed by atoms with E-state index < -0.39 is 27.5 Å². The van der Waals surface area contributed by atoms with E-state index in [0.29, 0.717) is 23.2 Å². The lowest BCUT2D eigenvalue weighted by Crippen LogP contribution is -2.42. The minimum Gasteiger partial charge on any atom is -0.323 e. The highest BCUT2D eigenvalue weighted by Crippen LogP contribution is 2.43. The van der Waals surface area contributed by atoms with E-state index in [-0.39, 0.29) is 44.7 Å². The quantitative estimate of drug-likeness (QED) is 0.342. The third kappa shape index (κ3) is 5.31. The predicted molar refractivity (Wildman–Crippen MR) is 153 cm³/mol. The second-order valence-corrected chi connectivity index (χ2v) is 13.4.